The highest BCUT2D eigenvalue weighted by atomic mass is 32.2. The second-order valence-electron chi connectivity index (χ2n) is 6.56. The van der Waals surface area contributed by atoms with Crippen molar-refractivity contribution in [3.63, 3.8) is 0 Å². The molecule has 0 spiro atoms. The van der Waals surface area contributed by atoms with Crippen molar-refractivity contribution >= 4 is 22.1 Å². The van der Waals surface area contributed by atoms with Crippen molar-refractivity contribution in [2.24, 2.45) is 0 Å². The van der Waals surface area contributed by atoms with E-state index in [0.717, 1.165) is 25.5 Å². The molecule has 2 rings (SSSR count). The van der Waals surface area contributed by atoms with E-state index < -0.39 is 22.3 Å². The van der Waals surface area contributed by atoms with Gasteiger partial charge in [0.15, 0.2) is 6.10 Å². The first-order valence-electron chi connectivity index (χ1n) is 8.41. The van der Waals surface area contributed by atoms with Gasteiger partial charge >= 0.3 is 6.09 Å². The first-order valence-corrected chi connectivity index (χ1v) is 10.2. The summed E-state index contributed by atoms with van der Waals surface area (Å²) in [6.07, 6.45) is 3.32. The Hall–Kier alpha value is -1.35. The molecule has 8 nitrogen and oxygen atoms in total. The average molecular weight is 362 g/mol. The molecule has 0 bridgehead atoms. The van der Waals surface area contributed by atoms with Gasteiger partial charge in [0.2, 0.25) is 0 Å². The van der Waals surface area contributed by atoms with Crippen LogP contribution in [0.3, 0.4) is 0 Å². The molecule has 0 aromatic heterocycles. The summed E-state index contributed by atoms with van der Waals surface area (Å²) in [5, 5.41) is 9.34. The van der Waals surface area contributed by atoms with Gasteiger partial charge in [0.05, 0.1) is 6.26 Å². The highest BCUT2D eigenvalue weighted by Gasteiger charge is 2.42. The maximum atomic E-state index is 12.4. The minimum Gasteiger partial charge on any atom is -0.465 e. The van der Waals surface area contributed by atoms with E-state index in [9.17, 15) is 23.1 Å². The lowest BCUT2D eigenvalue weighted by Gasteiger charge is -2.41. The van der Waals surface area contributed by atoms with E-state index in [1.54, 1.807) is 4.90 Å². The summed E-state index contributed by atoms with van der Waals surface area (Å²) < 4.78 is 27.3. The molecule has 0 radical (unpaired) electrons. The molecule has 0 aromatic carbocycles. The van der Waals surface area contributed by atoms with E-state index in [4.69, 9.17) is 4.18 Å². The number of rotatable bonds is 6. The fourth-order valence-corrected chi connectivity index (χ4v) is 4.22. The van der Waals surface area contributed by atoms with E-state index in [2.05, 4.69) is 6.92 Å². The first kappa shape index (κ1) is 19.0. The first-order chi connectivity index (χ1) is 11.2. The summed E-state index contributed by atoms with van der Waals surface area (Å²) in [5.41, 5.74) is 0. The molecular weight excluding hydrogens is 336 g/mol. The summed E-state index contributed by atoms with van der Waals surface area (Å²) in [6, 6.07) is -0.146. The SMILES string of the molecule is CCCCC1CC(N2CCC(OS(C)(=O)=O)C2=O)CCN1C(=O)O. The fourth-order valence-electron chi connectivity index (χ4n) is 3.62. The topological polar surface area (TPSA) is 104 Å². The standard InChI is InChI=1S/C15H26N2O6S/c1-3-4-5-11-10-12(6-8-17(11)15(19)20)16-9-7-13(14(16)18)23-24(2,21)22/h11-13H,3-10H2,1-2H3,(H,19,20). The Morgan fingerprint density at radius 2 is 2.04 bits per heavy atom. The second kappa shape index (κ2) is 7.69. The van der Waals surface area contributed by atoms with Crippen LogP contribution in [0.2, 0.25) is 0 Å². The van der Waals surface area contributed by atoms with Gasteiger partial charge in [-0.05, 0) is 19.3 Å². The summed E-state index contributed by atoms with van der Waals surface area (Å²) in [5.74, 6) is -0.302. The van der Waals surface area contributed by atoms with E-state index >= 15 is 0 Å². The van der Waals surface area contributed by atoms with Crippen LogP contribution in [0.5, 0.6) is 0 Å². The molecule has 2 fully saturated rings. The van der Waals surface area contributed by atoms with E-state index in [1.165, 1.54) is 4.90 Å². The van der Waals surface area contributed by atoms with Crippen LogP contribution in [-0.2, 0) is 19.1 Å². The van der Waals surface area contributed by atoms with Gasteiger partial charge in [-0.15, -0.1) is 0 Å². The number of hydrogen-bond donors (Lipinski definition) is 1. The third kappa shape index (κ3) is 4.60. The van der Waals surface area contributed by atoms with Crippen LogP contribution in [0.1, 0.15) is 45.4 Å². The lowest BCUT2D eigenvalue weighted by Crippen LogP contribution is -2.52. The minimum absolute atomic E-state index is 0.0527. The van der Waals surface area contributed by atoms with Crippen molar-refractivity contribution in [3.05, 3.63) is 0 Å². The Morgan fingerprint density at radius 3 is 2.62 bits per heavy atom. The molecule has 1 N–H and O–H groups in total. The molecule has 3 atom stereocenters. The number of unbranched alkanes of at least 4 members (excludes halogenated alkanes) is 1. The zero-order chi connectivity index (χ0) is 17.9. The summed E-state index contributed by atoms with van der Waals surface area (Å²) in [7, 11) is -3.67. The molecule has 2 heterocycles. The van der Waals surface area contributed by atoms with E-state index in [-0.39, 0.29) is 18.0 Å². The van der Waals surface area contributed by atoms with Gasteiger partial charge < -0.3 is 14.9 Å². The van der Waals surface area contributed by atoms with Crippen LogP contribution in [-0.4, -0.2) is 72.9 Å². The molecule has 0 aromatic rings. The number of piperidine rings is 1. The molecular formula is C15H26N2O6S. The molecule has 3 unspecified atom stereocenters. The van der Waals surface area contributed by atoms with Crippen LogP contribution in [0.4, 0.5) is 4.79 Å². The van der Waals surface area contributed by atoms with Crippen molar-refractivity contribution in [1.29, 1.82) is 0 Å². The number of nitrogens with zero attached hydrogens (tertiary/aromatic N) is 2. The maximum Gasteiger partial charge on any atom is 0.407 e. The Kier molecular flexibility index (Phi) is 6.08. The van der Waals surface area contributed by atoms with Crippen molar-refractivity contribution in [1.82, 2.24) is 9.80 Å². The Morgan fingerprint density at radius 1 is 1.33 bits per heavy atom. The largest absolute Gasteiger partial charge is 0.465 e. The molecule has 9 heteroatoms. The minimum atomic E-state index is -3.67. The zero-order valence-electron chi connectivity index (χ0n) is 14.2. The predicted octanol–water partition coefficient (Wildman–Crippen LogP) is 1.26. The van der Waals surface area contributed by atoms with Crippen LogP contribution in [0.25, 0.3) is 0 Å². The van der Waals surface area contributed by atoms with Crippen LogP contribution in [0, 0.1) is 0 Å². The monoisotopic (exact) mass is 362 g/mol. The third-order valence-electron chi connectivity index (χ3n) is 4.75. The number of hydrogen-bond acceptors (Lipinski definition) is 5. The predicted molar refractivity (Wildman–Crippen MR) is 87.1 cm³/mol. The molecule has 0 saturated carbocycles. The molecule has 138 valence electrons. The number of carbonyl (C=O) groups excluding carboxylic acids is 1. The maximum absolute atomic E-state index is 12.4. The van der Waals surface area contributed by atoms with E-state index in [1.807, 2.05) is 0 Å². The Bertz CT molecular complexity index is 579. The van der Waals surface area contributed by atoms with Gasteiger partial charge in [0.1, 0.15) is 0 Å². The third-order valence-corrected chi connectivity index (χ3v) is 5.33. The van der Waals surface area contributed by atoms with Gasteiger partial charge in [0.25, 0.3) is 16.0 Å². The molecule has 2 aliphatic rings. The van der Waals surface area contributed by atoms with Gasteiger partial charge in [-0.3, -0.25) is 8.98 Å². The number of carbonyl (C=O) groups is 2. The van der Waals surface area contributed by atoms with Gasteiger partial charge in [-0.1, -0.05) is 19.8 Å². The lowest BCUT2D eigenvalue weighted by molar-refractivity contribution is -0.136. The van der Waals surface area contributed by atoms with Crippen molar-refractivity contribution in [3.8, 4) is 0 Å². The highest BCUT2D eigenvalue weighted by molar-refractivity contribution is 7.86. The lowest BCUT2D eigenvalue weighted by atomic mass is 9.93. The van der Waals surface area contributed by atoms with Crippen LogP contribution >= 0.6 is 0 Å². The van der Waals surface area contributed by atoms with Crippen molar-refractivity contribution in [2.75, 3.05) is 19.3 Å². The Labute approximate surface area is 142 Å². The van der Waals surface area contributed by atoms with Crippen LogP contribution in [0.15, 0.2) is 0 Å². The quantitative estimate of drug-likeness (QED) is 0.714. The van der Waals surface area contributed by atoms with Crippen molar-refractivity contribution in [2.45, 2.75) is 63.6 Å². The normalized spacial score (nSPS) is 28.4. The molecule has 2 saturated heterocycles. The van der Waals surface area contributed by atoms with Gasteiger partial charge in [0, 0.05) is 31.6 Å². The molecule has 2 aliphatic heterocycles. The zero-order valence-corrected chi connectivity index (χ0v) is 15.0. The highest BCUT2D eigenvalue weighted by Crippen LogP contribution is 2.29. The summed E-state index contributed by atoms with van der Waals surface area (Å²) >= 11 is 0. The molecule has 2 amide bonds. The number of amides is 2. The van der Waals surface area contributed by atoms with Crippen LogP contribution < -0.4 is 0 Å². The smallest absolute Gasteiger partial charge is 0.407 e. The van der Waals surface area contributed by atoms with E-state index in [0.29, 0.717) is 32.4 Å². The number of carboxylic acid groups (broad SMARTS) is 1. The Balaban J connectivity index is 2.02. The molecule has 0 aliphatic carbocycles. The number of likely N-dealkylation sites (tertiary alicyclic amines) is 2. The second-order valence-corrected chi connectivity index (χ2v) is 8.16. The van der Waals surface area contributed by atoms with Gasteiger partial charge in [-0.2, -0.15) is 8.42 Å². The fraction of sp³-hybridized carbons (Fsp3) is 0.867. The average Bonchev–Trinajstić information content (AvgIpc) is 2.84. The van der Waals surface area contributed by atoms with Crippen molar-refractivity contribution < 1.29 is 27.3 Å². The van der Waals surface area contributed by atoms with Gasteiger partial charge in [-0.25, -0.2) is 4.79 Å². The summed E-state index contributed by atoms with van der Waals surface area (Å²) in [4.78, 5) is 27.0. The summed E-state index contributed by atoms with van der Waals surface area (Å²) in [6.45, 7) is 2.91. The molecule has 24 heavy (non-hydrogen) atoms.